The zero-order valence-corrected chi connectivity index (χ0v) is 16.6. The Morgan fingerprint density at radius 3 is 2.06 bits per heavy atom. The van der Waals surface area contributed by atoms with E-state index in [1.54, 1.807) is 0 Å². The van der Waals surface area contributed by atoms with E-state index in [1.807, 2.05) is 48.5 Å². The number of primary amides is 1. The average molecular weight is 418 g/mol. The molecule has 31 heavy (non-hydrogen) atoms. The molecule has 0 aromatic heterocycles. The van der Waals surface area contributed by atoms with Crippen LogP contribution in [0.5, 0.6) is 0 Å². The number of carbonyl (C=O) groups excluding carboxylic acids is 2. The highest BCUT2D eigenvalue weighted by Crippen LogP contribution is 2.29. The van der Waals surface area contributed by atoms with Crippen molar-refractivity contribution in [3.8, 4) is 0 Å². The second-order valence-corrected chi connectivity index (χ2v) is 7.44. The molecule has 2 amide bonds. The van der Waals surface area contributed by atoms with Gasteiger partial charge < -0.3 is 11.1 Å². The molecular weight excluding hydrogens is 398 g/mol. The summed E-state index contributed by atoms with van der Waals surface area (Å²) in [5.74, 6) is -2.80. The minimum Gasteiger partial charge on any atom is -0.368 e. The molecule has 1 atom stereocenters. The monoisotopic (exact) mass is 418 g/mol. The quantitative estimate of drug-likeness (QED) is 0.464. The fourth-order valence-corrected chi connectivity index (χ4v) is 3.84. The Kier molecular flexibility index (Phi) is 5.62. The van der Waals surface area contributed by atoms with E-state index in [0.29, 0.717) is 0 Å². The Hall–Kier alpha value is -3.80. The SMILES string of the molecule is NC(=O)[C@H](Cc1c2ccccc2cc2ccccc12)NC(=O)Cc1ccc(F)cc1F. The summed E-state index contributed by atoms with van der Waals surface area (Å²) in [7, 11) is 0. The van der Waals surface area contributed by atoms with Crippen molar-refractivity contribution in [3.63, 3.8) is 0 Å². The lowest BCUT2D eigenvalue weighted by Crippen LogP contribution is -2.46. The van der Waals surface area contributed by atoms with Gasteiger partial charge in [0.2, 0.25) is 11.8 Å². The normalized spacial score (nSPS) is 12.1. The van der Waals surface area contributed by atoms with Gasteiger partial charge >= 0.3 is 0 Å². The van der Waals surface area contributed by atoms with E-state index >= 15 is 0 Å². The van der Waals surface area contributed by atoms with Crippen LogP contribution in [0.3, 0.4) is 0 Å². The summed E-state index contributed by atoms with van der Waals surface area (Å²) in [6, 6.07) is 19.7. The van der Waals surface area contributed by atoms with E-state index in [1.165, 1.54) is 6.07 Å². The van der Waals surface area contributed by atoms with Crippen molar-refractivity contribution in [3.05, 3.63) is 95.6 Å². The highest BCUT2D eigenvalue weighted by atomic mass is 19.1. The molecule has 0 aliphatic carbocycles. The van der Waals surface area contributed by atoms with Crippen LogP contribution in [-0.4, -0.2) is 17.9 Å². The van der Waals surface area contributed by atoms with Crippen LogP contribution in [0.25, 0.3) is 21.5 Å². The maximum Gasteiger partial charge on any atom is 0.240 e. The molecule has 6 heteroatoms. The number of hydrogen-bond acceptors (Lipinski definition) is 2. The maximum absolute atomic E-state index is 13.9. The van der Waals surface area contributed by atoms with Gasteiger partial charge in [0.25, 0.3) is 0 Å². The molecule has 0 bridgehead atoms. The van der Waals surface area contributed by atoms with Gasteiger partial charge in [-0.05, 0) is 44.8 Å². The Balaban J connectivity index is 1.64. The highest BCUT2D eigenvalue weighted by molar-refractivity contribution is 6.03. The first kappa shape index (κ1) is 20.5. The molecule has 0 fully saturated rings. The molecule has 4 aromatic carbocycles. The summed E-state index contributed by atoms with van der Waals surface area (Å²) in [5.41, 5.74) is 6.52. The molecule has 0 saturated carbocycles. The average Bonchev–Trinajstić information content (AvgIpc) is 2.74. The topological polar surface area (TPSA) is 72.2 Å². The van der Waals surface area contributed by atoms with Gasteiger partial charge in [-0.1, -0.05) is 54.6 Å². The van der Waals surface area contributed by atoms with E-state index in [-0.39, 0.29) is 18.4 Å². The van der Waals surface area contributed by atoms with Crippen molar-refractivity contribution >= 4 is 33.4 Å². The third-order valence-electron chi connectivity index (χ3n) is 5.34. The lowest BCUT2D eigenvalue weighted by molar-refractivity contribution is -0.127. The fraction of sp³-hybridized carbons (Fsp3) is 0.120. The third kappa shape index (κ3) is 4.38. The van der Waals surface area contributed by atoms with Crippen molar-refractivity contribution < 1.29 is 18.4 Å². The molecule has 0 heterocycles. The van der Waals surface area contributed by atoms with Crippen LogP contribution in [0.2, 0.25) is 0 Å². The number of amides is 2. The van der Waals surface area contributed by atoms with Gasteiger partial charge in [-0.3, -0.25) is 9.59 Å². The molecule has 4 rings (SSSR count). The van der Waals surface area contributed by atoms with Gasteiger partial charge in [0.1, 0.15) is 17.7 Å². The molecule has 0 aliphatic heterocycles. The minimum absolute atomic E-state index is 0.0396. The first-order valence-electron chi connectivity index (χ1n) is 9.84. The first-order chi connectivity index (χ1) is 14.9. The molecule has 4 aromatic rings. The zero-order chi connectivity index (χ0) is 22.0. The van der Waals surface area contributed by atoms with Crippen LogP contribution in [0.15, 0.2) is 72.8 Å². The molecule has 0 spiro atoms. The van der Waals surface area contributed by atoms with Crippen LogP contribution in [0.1, 0.15) is 11.1 Å². The summed E-state index contributed by atoms with van der Waals surface area (Å²) >= 11 is 0. The van der Waals surface area contributed by atoms with Gasteiger partial charge in [0.15, 0.2) is 0 Å². The Labute approximate surface area is 177 Å². The number of rotatable bonds is 6. The second kappa shape index (κ2) is 8.52. The van der Waals surface area contributed by atoms with Gasteiger partial charge in [-0.2, -0.15) is 0 Å². The van der Waals surface area contributed by atoms with Crippen molar-refractivity contribution in [2.24, 2.45) is 5.73 Å². The molecule has 156 valence electrons. The van der Waals surface area contributed by atoms with Crippen LogP contribution in [0, 0.1) is 11.6 Å². The van der Waals surface area contributed by atoms with Crippen LogP contribution >= 0.6 is 0 Å². The van der Waals surface area contributed by atoms with Crippen molar-refractivity contribution in [2.75, 3.05) is 0 Å². The second-order valence-electron chi connectivity index (χ2n) is 7.44. The zero-order valence-electron chi connectivity index (χ0n) is 16.6. The number of halogens is 2. The number of benzene rings is 4. The smallest absolute Gasteiger partial charge is 0.240 e. The Morgan fingerprint density at radius 1 is 0.871 bits per heavy atom. The van der Waals surface area contributed by atoms with Gasteiger partial charge in [-0.15, -0.1) is 0 Å². The Morgan fingerprint density at radius 2 is 1.48 bits per heavy atom. The highest BCUT2D eigenvalue weighted by Gasteiger charge is 2.22. The van der Waals surface area contributed by atoms with Crippen molar-refractivity contribution in [1.29, 1.82) is 0 Å². The number of nitrogens with two attached hydrogens (primary N) is 1. The molecule has 4 nitrogen and oxygen atoms in total. The number of carbonyl (C=O) groups is 2. The molecule has 0 unspecified atom stereocenters. The van der Waals surface area contributed by atoms with Gasteiger partial charge in [0.05, 0.1) is 6.42 Å². The predicted molar refractivity (Wildman–Crippen MR) is 116 cm³/mol. The number of hydrogen-bond donors (Lipinski definition) is 2. The van der Waals surface area contributed by atoms with Crippen LogP contribution < -0.4 is 11.1 Å². The standard InChI is InChI=1S/C25H20F2N2O2/c26-18-10-9-17(22(27)13-18)12-24(30)29-23(25(28)31)14-21-19-7-3-1-5-15(19)11-16-6-2-4-8-20(16)21/h1-11,13,23H,12,14H2,(H2,28,31)(H,29,30)/t23-/m0/s1. The van der Waals surface area contributed by atoms with E-state index in [4.69, 9.17) is 5.73 Å². The summed E-state index contributed by atoms with van der Waals surface area (Å²) in [6.07, 6.45) is -0.138. The third-order valence-corrected chi connectivity index (χ3v) is 5.34. The van der Waals surface area contributed by atoms with Crippen molar-refractivity contribution in [2.45, 2.75) is 18.9 Å². The van der Waals surface area contributed by atoms with Gasteiger partial charge in [0, 0.05) is 12.5 Å². The molecule has 3 N–H and O–H groups in total. The van der Waals surface area contributed by atoms with E-state index in [9.17, 15) is 18.4 Å². The minimum atomic E-state index is -0.981. The summed E-state index contributed by atoms with van der Waals surface area (Å²) in [6.45, 7) is 0. The first-order valence-corrected chi connectivity index (χ1v) is 9.84. The number of fused-ring (bicyclic) bond motifs is 2. The number of nitrogens with one attached hydrogen (secondary N) is 1. The summed E-state index contributed by atoms with van der Waals surface area (Å²) < 4.78 is 27.0. The Bertz CT molecular complexity index is 1250. The fourth-order valence-electron chi connectivity index (χ4n) is 3.84. The van der Waals surface area contributed by atoms with Gasteiger partial charge in [-0.25, -0.2) is 8.78 Å². The molecular formula is C25H20F2N2O2. The van der Waals surface area contributed by atoms with E-state index in [0.717, 1.165) is 39.2 Å². The maximum atomic E-state index is 13.9. The van der Waals surface area contributed by atoms with Crippen LogP contribution in [-0.2, 0) is 22.4 Å². The van der Waals surface area contributed by atoms with E-state index < -0.39 is 29.5 Å². The summed E-state index contributed by atoms with van der Waals surface area (Å²) in [5, 5.41) is 6.57. The summed E-state index contributed by atoms with van der Waals surface area (Å²) in [4.78, 5) is 24.7. The predicted octanol–water partition coefficient (Wildman–Crippen LogP) is 4.03. The van der Waals surface area contributed by atoms with Crippen LogP contribution in [0.4, 0.5) is 8.78 Å². The lowest BCUT2D eigenvalue weighted by Gasteiger charge is -2.19. The lowest BCUT2D eigenvalue weighted by atomic mass is 9.92. The van der Waals surface area contributed by atoms with E-state index in [2.05, 4.69) is 11.4 Å². The molecule has 0 saturated heterocycles. The van der Waals surface area contributed by atoms with Crippen molar-refractivity contribution in [1.82, 2.24) is 5.32 Å². The molecule has 0 aliphatic rings. The largest absolute Gasteiger partial charge is 0.368 e. The molecule has 0 radical (unpaired) electrons.